The monoisotopic (exact) mass is 381 g/mol. The van der Waals surface area contributed by atoms with Crippen LogP contribution in [0.15, 0.2) is 28.8 Å². The molecular formula is C23H31N3O2. The van der Waals surface area contributed by atoms with Gasteiger partial charge in [-0.1, -0.05) is 29.4 Å². The maximum atomic E-state index is 12.4. The molecule has 1 aromatic carbocycles. The molecule has 5 nitrogen and oxygen atoms in total. The van der Waals surface area contributed by atoms with E-state index >= 15 is 0 Å². The largest absolute Gasteiger partial charge is 0.361 e. The number of hydrogen-bond acceptors (Lipinski definition) is 4. The number of likely N-dealkylation sites (tertiary alicyclic amines) is 1. The van der Waals surface area contributed by atoms with E-state index in [9.17, 15) is 4.79 Å². The van der Waals surface area contributed by atoms with Gasteiger partial charge in [0, 0.05) is 32.6 Å². The van der Waals surface area contributed by atoms with Gasteiger partial charge in [-0.3, -0.25) is 9.69 Å². The lowest BCUT2D eigenvalue weighted by atomic mass is 9.73. The van der Waals surface area contributed by atoms with E-state index in [4.69, 9.17) is 4.52 Å². The van der Waals surface area contributed by atoms with E-state index in [1.54, 1.807) is 4.90 Å². The van der Waals surface area contributed by atoms with Crippen LogP contribution < -0.4 is 0 Å². The highest BCUT2D eigenvalue weighted by atomic mass is 16.5. The van der Waals surface area contributed by atoms with Crippen LogP contribution in [0.5, 0.6) is 0 Å². The van der Waals surface area contributed by atoms with Crippen molar-refractivity contribution < 1.29 is 9.32 Å². The van der Waals surface area contributed by atoms with E-state index in [0.29, 0.717) is 12.3 Å². The minimum absolute atomic E-state index is 0.225. The summed E-state index contributed by atoms with van der Waals surface area (Å²) in [6, 6.07) is 8.83. The van der Waals surface area contributed by atoms with Crippen LogP contribution in [0.1, 0.15) is 59.7 Å². The molecule has 2 aromatic rings. The number of carbonyl (C=O) groups is 1. The summed E-state index contributed by atoms with van der Waals surface area (Å²) < 4.78 is 5.33. The average molecular weight is 382 g/mol. The van der Waals surface area contributed by atoms with Gasteiger partial charge in [-0.2, -0.15) is 0 Å². The first kappa shape index (κ1) is 19.2. The molecule has 1 aromatic heterocycles. The Hall–Kier alpha value is -2.14. The van der Waals surface area contributed by atoms with Gasteiger partial charge in [0.25, 0.3) is 0 Å². The lowest BCUT2D eigenvalue weighted by Crippen LogP contribution is -2.41. The van der Waals surface area contributed by atoms with Gasteiger partial charge in [-0.25, -0.2) is 0 Å². The second kappa shape index (κ2) is 7.36. The summed E-state index contributed by atoms with van der Waals surface area (Å²) in [7, 11) is 3.71. The van der Waals surface area contributed by atoms with Crippen LogP contribution in [0.25, 0.3) is 0 Å². The molecule has 0 N–H and O–H groups in total. The van der Waals surface area contributed by atoms with Gasteiger partial charge < -0.3 is 9.42 Å². The van der Waals surface area contributed by atoms with Gasteiger partial charge in [-0.15, -0.1) is 0 Å². The summed E-state index contributed by atoms with van der Waals surface area (Å²) in [4.78, 5) is 16.6. The Balaban J connectivity index is 1.49. The zero-order valence-electron chi connectivity index (χ0n) is 17.5. The maximum Gasteiger partial charge on any atom is 0.222 e. The van der Waals surface area contributed by atoms with Crippen molar-refractivity contribution >= 4 is 5.91 Å². The van der Waals surface area contributed by atoms with E-state index in [1.165, 1.54) is 16.7 Å². The molecule has 1 unspecified atom stereocenters. The van der Waals surface area contributed by atoms with E-state index in [0.717, 1.165) is 50.4 Å². The highest BCUT2D eigenvalue weighted by molar-refractivity contribution is 5.77. The number of aryl methyl sites for hydroxylation is 2. The van der Waals surface area contributed by atoms with Crippen LogP contribution in [-0.4, -0.2) is 48.0 Å². The van der Waals surface area contributed by atoms with Crippen molar-refractivity contribution in [3.8, 4) is 0 Å². The van der Waals surface area contributed by atoms with E-state index in [2.05, 4.69) is 34.3 Å². The fourth-order valence-corrected chi connectivity index (χ4v) is 5.17. The number of carbonyl (C=O) groups excluding carboxylic acids is 1. The maximum absolute atomic E-state index is 12.4. The fourth-order valence-electron chi connectivity index (χ4n) is 5.17. The Kier molecular flexibility index (Phi) is 5.04. The molecule has 150 valence electrons. The topological polar surface area (TPSA) is 49.6 Å². The Morgan fingerprint density at radius 2 is 1.96 bits per heavy atom. The first-order valence-corrected chi connectivity index (χ1v) is 10.3. The number of aromatic nitrogens is 1. The van der Waals surface area contributed by atoms with Crippen molar-refractivity contribution in [2.75, 3.05) is 27.2 Å². The second-order valence-corrected chi connectivity index (χ2v) is 8.84. The van der Waals surface area contributed by atoms with Crippen molar-refractivity contribution in [2.24, 2.45) is 0 Å². The molecular weight excluding hydrogens is 350 g/mol. The van der Waals surface area contributed by atoms with Gasteiger partial charge >= 0.3 is 0 Å². The Morgan fingerprint density at radius 3 is 2.61 bits per heavy atom. The zero-order chi connectivity index (χ0) is 19.9. The van der Waals surface area contributed by atoms with Crippen molar-refractivity contribution in [3.05, 3.63) is 52.4 Å². The normalized spacial score (nSPS) is 21.1. The smallest absolute Gasteiger partial charge is 0.222 e. The number of nitrogens with zero attached hydrogens (tertiary/aromatic N) is 3. The van der Waals surface area contributed by atoms with Crippen LogP contribution in [0.4, 0.5) is 0 Å². The molecule has 2 heterocycles. The van der Waals surface area contributed by atoms with Crippen molar-refractivity contribution in [3.63, 3.8) is 0 Å². The van der Waals surface area contributed by atoms with Crippen molar-refractivity contribution in [1.82, 2.24) is 15.0 Å². The first-order valence-electron chi connectivity index (χ1n) is 10.3. The highest BCUT2D eigenvalue weighted by Crippen LogP contribution is 2.52. The molecule has 4 rings (SSSR count). The highest BCUT2D eigenvalue weighted by Gasteiger charge is 2.45. The molecule has 1 fully saturated rings. The van der Waals surface area contributed by atoms with Crippen molar-refractivity contribution in [1.29, 1.82) is 0 Å². The minimum atomic E-state index is 0.225. The first-order chi connectivity index (χ1) is 13.4. The summed E-state index contributed by atoms with van der Waals surface area (Å²) in [6.45, 7) is 7.10. The number of fused-ring (bicyclic) bond motifs is 2. The molecule has 2 aliphatic rings. The summed E-state index contributed by atoms with van der Waals surface area (Å²) >= 11 is 0. The number of amides is 1. The second-order valence-electron chi connectivity index (χ2n) is 8.84. The third kappa shape index (κ3) is 3.37. The SMILES string of the molecule is Cc1noc(C)c1CN1CCC2(CC1)CC(CC(=O)N(C)C)c1ccccc12. The van der Waals surface area contributed by atoms with Crippen LogP contribution in [0.3, 0.4) is 0 Å². The average Bonchev–Trinajstić information content (AvgIpc) is 3.16. The summed E-state index contributed by atoms with van der Waals surface area (Å²) in [6.07, 6.45) is 4.03. The molecule has 1 spiro atoms. The lowest BCUT2D eigenvalue weighted by molar-refractivity contribution is -0.129. The number of piperidine rings is 1. The van der Waals surface area contributed by atoms with Crippen LogP contribution >= 0.6 is 0 Å². The van der Waals surface area contributed by atoms with Gasteiger partial charge in [0.05, 0.1) is 5.69 Å². The van der Waals surface area contributed by atoms with Gasteiger partial charge in [0.15, 0.2) is 0 Å². The number of benzene rings is 1. The molecule has 0 bridgehead atoms. The Morgan fingerprint density at radius 1 is 1.25 bits per heavy atom. The van der Waals surface area contributed by atoms with Crippen LogP contribution in [0.2, 0.25) is 0 Å². The molecule has 0 saturated carbocycles. The molecule has 1 aliphatic carbocycles. The Bertz CT molecular complexity index is 843. The molecule has 1 saturated heterocycles. The molecule has 0 radical (unpaired) electrons. The summed E-state index contributed by atoms with van der Waals surface area (Å²) in [5, 5.41) is 4.10. The lowest BCUT2D eigenvalue weighted by Gasteiger charge is -2.40. The predicted molar refractivity (Wildman–Crippen MR) is 109 cm³/mol. The minimum Gasteiger partial charge on any atom is -0.361 e. The van der Waals surface area contributed by atoms with Crippen molar-refractivity contribution in [2.45, 2.75) is 57.4 Å². The van der Waals surface area contributed by atoms with E-state index < -0.39 is 0 Å². The third-order valence-corrected chi connectivity index (χ3v) is 6.91. The van der Waals surface area contributed by atoms with Gasteiger partial charge in [-0.05, 0) is 68.7 Å². The fraction of sp³-hybridized carbons (Fsp3) is 0.565. The van der Waals surface area contributed by atoms with Gasteiger partial charge in [0.1, 0.15) is 5.76 Å². The third-order valence-electron chi connectivity index (χ3n) is 6.91. The summed E-state index contributed by atoms with van der Waals surface area (Å²) in [5.41, 5.74) is 5.35. The predicted octanol–water partition coefficient (Wildman–Crippen LogP) is 3.79. The molecule has 1 atom stereocenters. The number of rotatable bonds is 4. The Labute approximate surface area is 167 Å². The quantitative estimate of drug-likeness (QED) is 0.808. The van der Waals surface area contributed by atoms with Crippen LogP contribution in [0, 0.1) is 13.8 Å². The number of hydrogen-bond donors (Lipinski definition) is 0. The molecule has 28 heavy (non-hydrogen) atoms. The van der Waals surface area contributed by atoms with Gasteiger partial charge in [0.2, 0.25) is 5.91 Å². The molecule has 1 amide bonds. The van der Waals surface area contributed by atoms with E-state index in [-0.39, 0.29) is 11.3 Å². The van der Waals surface area contributed by atoms with Crippen LogP contribution in [-0.2, 0) is 16.8 Å². The zero-order valence-corrected chi connectivity index (χ0v) is 17.5. The van der Waals surface area contributed by atoms with E-state index in [1.807, 2.05) is 27.9 Å². The molecule has 1 aliphatic heterocycles. The molecule has 5 heteroatoms. The standard InChI is InChI=1S/C23H31N3O2/c1-16-20(17(2)28-24-16)15-26-11-9-23(10-12-26)14-18(13-22(27)25(3)4)19-7-5-6-8-21(19)23/h5-8,18H,9-15H2,1-4H3. The summed E-state index contributed by atoms with van der Waals surface area (Å²) in [5.74, 6) is 1.51.